The van der Waals surface area contributed by atoms with E-state index in [2.05, 4.69) is 4.98 Å². The Bertz CT molecular complexity index is 542. The Morgan fingerprint density at radius 3 is 2.43 bits per heavy atom. The summed E-state index contributed by atoms with van der Waals surface area (Å²) in [6.07, 6.45) is 1.85. The fourth-order valence-corrected chi connectivity index (χ4v) is 2.98. The van der Waals surface area contributed by atoms with E-state index < -0.39 is 5.97 Å². The summed E-state index contributed by atoms with van der Waals surface area (Å²) in [6.45, 7) is 5.54. The van der Waals surface area contributed by atoms with Crippen LogP contribution in [0.3, 0.4) is 0 Å². The van der Waals surface area contributed by atoms with Crippen molar-refractivity contribution in [1.29, 1.82) is 0 Å². The number of carboxylic acids is 1. The molecule has 0 atom stereocenters. The number of amides is 1. The Balaban J connectivity index is 2.13. The van der Waals surface area contributed by atoms with E-state index >= 15 is 0 Å². The quantitative estimate of drug-likeness (QED) is 0.887. The number of nitrogens with zero attached hydrogens (tertiary/aromatic N) is 1. The molecule has 2 rings (SSSR count). The Morgan fingerprint density at radius 2 is 1.95 bits per heavy atom. The highest BCUT2D eigenvalue weighted by atomic mass is 16.5. The Hall–Kier alpha value is -1.82. The first-order valence-corrected chi connectivity index (χ1v) is 7.16. The van der Waals surface area contributed by atoms with Crippen LogP contribution in [0.4, 0.5) is 0 Å². The number of aromatic nitrogens is 1. The van der Waals surface area contributed by atoms with Crippen molar-refractivity contribution in [3.05, 3.63) is 22.5 Å². The van der Waals surface area contributed by atoms with Crippen LogP contribution in [-0.4, -0.2) is 53.7 Å². The summed E-state index contributed by atoms with van der Waals surface area (Å²) >= 11 is 0. The number of nitrogens with one attached hydrogen (secondary N) is 1. The van der Waals surface area contributed by atoms with E-state index in [1.807, 2.05) is 0 Å². The number of likely N-dealkylation sites (tertiary alicyclic amines) is 1. The number of methoxy groups -OCH3 is 1. The molecule has 1 amide bonds. The van der Waals surface area contributed by atoms with Gasteiger partial charge in [0.25, 0.3) is 5.91 Å². The van der Waals surface area contributed by atoms with Crippen molar-refractivity contribution in [2.24, 2.45) is 5.92 Å². The van der Waals surface area contributed by atoms with Gasteiger partial charge in [-0.15, -0.1) is 0 Å². The van der Waals surface area contributed by atoms with Crippen molar-refractivity contribution < 1.29 is 19.4 Å². The van der Waals surface area contributed by atoms with E-state index in [1.54, 1.807) is 25.9 Å². The lowest BCUT2D eigenvalue weighted by Crippen LogP contribution is -2.39. The minimum absolute atomic E-state index is 0.0791. The van der Waals surface area contributed by atoms with Gasteiger partial charge in [0, 0.05) is 32.5 Å². The van der Waals surface area contributed by atoms with Gasteiger partial charge in [0.15, 0.2) is 0 Å². The number of hydrogen-bond acceptors (Lipinski definition) is 3. The molecule has 0 spiro atoms. The molecule has 0 aromatic carbocycles. The first kappa shape index (κ1) is 15.6. The van der Waals surface area contributed by atoms with Gasteiger partial charge in [-0.3, -0.25) is 4.79 Å². The van der Waals surface area contributed by atoms with E-state index in [4.69, 9.17) is 9.84 Å². The molecule has 6 nitrogen and oxygen atoms in total. The molecule has 0 aliphatic carbocycles. The van der Waals surface area contributed by atoms with Crippen molar-refractivity contribution in [2.45, 2.75) is 26.7 Å². The van der Waals surface area contributed by atoms with Gasteiger partial charge in [-0.1, -0.05) is 0 Å². The summed E-state index contributed by atoms with van der Waals surface area (Å²) in [7, 11) is 1.69. The zero-order chi connectivity index (χ0) is 15.6. The van der Waals surface area contributed by atoms with Crippen molar-refractivity contribution in [3.63, 3.8) is 0 Å². The van der Waals surface area contributed by atoms with Gasteiger partial charge >= 0.3 is 5.97 Å². The molecule has 1 aromatic rings. The van der Waals surface area contributed by atoms with Crippen LogP contribution in [0.15, 0.2) is 0 Å². The lowest BCUT2D eigenvalue weighted by atomic mass is 9.97. The molecule has 1 aliphatic rings. The number of hydrogen-bond donors (Lipinski definition) is 2. The summed E-state index contributed by atoms with van der Waals surface area (Å²) in [6, 6.07) is 0. The van der Waals surface area contributed by atoms with Gasteiger partial charge < -0.3 is 19.7 Å². The van der Waals surface area contributed by atoms with Crippen LogP contribution < -0.4 is 0 Å². The number of aryl methyl sites for hydroxylation is 1. The van der Waals surface area contributed by atoms with E-state index in [1.165, 1.54) is 0 Å². The number of ether oxygens (including phenoxy) is 1. The van der Waals surface area contributed by atoms with Crippen molar-refractivity contribution >= 4 is 11.9 Å². The maximum absolute atomic E-state index is 12.6. The normalized spacial score (nSPS) is 16.2. The number of carbonyl (C=O) groups is 2. The van der Waals surface area contributed by atoms with Crippen LogP contribution >= 0.6 is 0 Å². The third-order valence-corrected chi connectivity index (χ3v) is 4.17. The second-order valence-electron chi connectivity index (χ2n) is 5.62. The van der Waals surface area contributed by atoms with Gasteiger partial charge in [0.1, 0.15) is 5.69 Å². The highest BCUT2D eigenvalue weighted by Gasteiger charge is 2.28. The van der Waals surface area contributed by atoms with Crippen LogP contribution in [0.2, 0.25) is 0 Å². The Morgan fingerprint density at radius 1 is 1.33 bits per heavy atom. The zero-order valence-corrected chi connectivity index (χ0v) is 12.7. The molecule has 2 N–H and O–H groups in total. The number of carboxylic acid groups (broad SMARTS) is 1. The maximum Gasteiger partial charge on any atom is 0.352 e. The molecule has 116 valence electrons. The number of aromatic carboxylic acids is 1. The molecule has 0 saturated carbocycles. The number of aromatic amines is 1. The monoisotopic (exact) mass is 294 g/mol. The predicted molar refractivity (Wildman–Crippen MR) is 77.7 cm³/mol. The molecule has 1 aliphatic heterocycles. The fourth-order valence-electron chi connectivity index (χ4n) is 2.98. The van der Waals surface area contributed by atoms with E-state index in [9.17, 15) is 9.59 Å². The summed E-state index contributed by atoms with van der Waals surface area (Å²) < 4.78 is 5.16. The highest BCUT2D eigenvalue weighted by Crippen LogP contribution is 2.23. The van der Waals surface area contributed by atoms with Gasteiger partial charge in [0.05, 0.1) is 5.56 Å². The molecule has 0 radical (unpaired) electrons. The molecule has 6 heteroatoms. The zero-order valence-electron chi connectivity index (χ0n) is 12.7. The first-order valence-electron chi connectivity index (χ1n) is 7.16. The minimum atomic E-state index is -1.03. The average molecular weight is 294 g/mol. The lowest BCUT2D eigenvalue weighted by Gasteiger charge is -2.31. The second-order valence-corrected chi connectivity index (χ2v) is 5.62. The largest absolute Gasteiger partial charge is 0.477 e. The molecule has 21 heavy (non-hydrogen) atoms. The Labute approximate surface area is 124 Å². The van der Waals surface area contributed by atoms with E-state index in [0.717, 1.165) is 19.4 Å². The van der Waals surface area contributed by atoms with Gasteiger partial charge in [0.2, 0.25) is 0 Å². The van der Waals surface area contributed by atoms with Crippen molar-refractivity contribution in [1.82, 2.24) is 9.88 Å². The van der Waals surface area contributed by atoms with Crippen molar-refractivity contribution in [2.75, 3.05) is 26.8 Å². The molecule has 1 saturated heterocycles. The van der Waals surface area contributed by atoms with Gasteiger partial charge in [-0.05, 0) is 38.2 Å². The topological polar surface area (TPSA) is 82.6 Å². The molecular formula is C15H22N2O4. The summed E-state index contributed by atoms with van der Waals surface area (Å²) in [5, 5.41) is 9.12. The molecule has 1 aromatic heterocycles. The minimum Gasteiger partial charge on any atom is -0.477 e. The second kappa shape index (κ2) is 6.30. The summed E-state index contributed by atoms with van der Waals surface area (Å²) in [5.41, 5.74) is 1.74. The molecule has 2 heterocycles. The van der Waals surface area contributed by atoms with Crippen LogP contribution in [0.1, 0.15) is 44.9 Å². The standard InChI is InChI=1S/C15H22N2O4/c1-9-12(10(2)16-13(9)15(19)20)14(18)17-6-4-11(5-7-17)8-21-3/h11,16H,4-8H2,1-3H3,(H,19,20). The predicted octanol–water partition coefficient (Wildman–Crippen LogP) is 1.83. The van der Waals surface area contributed by atoms with E-state index in [0.29, 0.717) is 35.8 Å². The van der Waals surface area contributed by atoms with Crippen molar-refractivity contribution in [3.8, 4) is 0 Å². The SMILES string of the molecule is COCC1CCN(C(=O)c2c(C)[nH]c(C(=O)O)c2C)CC1. The molecule has 0 bridgehead atoms. The first-order chi connectivity index (χ1) is 9.95. The molecule has 1 fully saturated rings. The molecule has 0 unspecified atom stereocenters. The number of piperidine rings is 1. The average Bonchev–Trinajstić information content (AvgIpc) is 2.75. The summed E-state index contributed by atoms with van der Waals surface area (Å²) in [5.74, 6) is -0.611. The highest BCUT2D eigenvalue weighted by molar-refractivity contribution is 6.00. The van der Waals surface area contributed by atoms with Crippen LogP contribution in [0.5, 0.6) is 0 Å². The smallest absolute Gasteiger partial charge is 0.352 e. The maximum atomic E-state index is 12.6. The number of carbonyl (C=O) groups excluding carboxylic acids is 1. The molecular weight excluding hydrogens is 272 g/mol. The Kier molecular flexibility index (Phi) is 4.67. The number of H-pyrrole nitrogens is 1. The number of rotatable bonds is 4. The fraction of sp³-hybridized carbons (Fsp3) is 0.600. The summed E-state index contributed by atoms with van der Waals surface area (Å²) in [4.78, 5) is 28.4. The van der Waals surface area contributed by atoms with Gasteiger partial charge in [-0.25, -0.2) is 4.79 Å². The lowest BCUT2D eigenvalue weighted by molar-refractivity contribution is 0.0612. The van der Waals surface area contributed by atoms with Crippen LogP contribution in [-0.2, 0) is 4.74 Å². The van der Waals surface area contributed by atoms with Crippen LogP contribution in [0.25, 0.3) is 0 Å². The van der Waals surface area contributed by atoms with E-state index in [-0.39, 0.29) is 11.6 Å². The third-order valence-electron chi connectivity index (χ3n) is 4.17. The van der Waals surface area contributed by atoms with Crippen LogP contribution in [0, 0.1) is 19.8 Å². The van der Waals surface area contributed by atoms with Gasteiger partial charge in [-0.2, -0.15) is 0 Å². The third kappa shape index (κ3) is 3.10.